The number of nitrogens with one attached hydrogen (secondary N) is 1. The molecule has 0 spiro atoms. The molecule has 1 saturated heterocycles. The third-order valence-electron chi connectivity index (χ3n) is 3.92. The summed E-state index contributed by atoms with van der Waals surface area (Å²) in [5, 5.41) is 13.0. The fourth-order valence-corrected chi connectivity index (χ4v) is 2.59. The van der Waals surface area contributed by atoms with E-state index in [9.17, 15) is 9.90 Å². The Hall–Kier alpha value is -1.39. The number of anilines is 1. The average Bonchev–Trinajstić information content (AvgIpc) is 2.41. The maximum absolute atomic E-state index is 11.0. The lowest BCUT2D eigenvalue weighted by Gasteiger charge is -2.31. The van der Waals surface area contributed by atoms with Crippen LogP contribution in [0.1, 0.15) is 38.4 Å². The minimum Gasteiger partial charge on any atom is -0.387 e. The highest BCUT2D eigenvalue weighted by atomic mass is 16.3. The highest BCUT2D eigenvalue weighted by Crippen LogP contribution is 2.21. The van der Waals surface area contributed by atoms with Crippen molar-refractivity contribution < 1.29 is 9.90 Å². The van der Waals surface area contributed by atoms with E-state index in [-0.39, 0.29) is 5.91 Å². The van der Waals surface area contributed by atoms with Crippen molar-refractivity contribution in [2.75, 3.05) is 25.0 Å². The number of nitrogens with zero attached hydrogens (tertiary/aromatic N) is 1. The van der Waals surface area contributed by atoms with Gasteiger partial charge in [0.25, 0.3) is 0 Å². The molecule has 4 nitrogen and oxygen atoms in total. The molecule has 1 atom stereocenters. The Kier molecular flexibility index (Phi) is 5.15. The molecule has 20 heavy (non-hydrogen) atoms. The highest BCUT2D eigenvalue weighted by Gasteiger charge is 2.19. The van der Waals surface area contributed by atoms with Crippen LogP contribution in [0.25, 0.3) is 0 Å². The summed E-state index contributed by atoms with van der Waals surface area (Å²) in [6, 6.07) is 7.42. The minimum atomic E-state index is -0.463. The predicted molar refractivity (Wildman–Crippen MR) is 80.5 cm³/mol. The van der Waals surface area contributed by atoms with E-state index in [0.717, 1.165) is 30.3 Å². The fraction of sp³-hybridized carbons (Fsp3) is 0.562. The molecule has 2 N–H and O–H groups in total. The molecule has 0 aromatic heterocycles. The molecular weight excluding hydrogens is 252 g/mol. The summed E-state index contributed by atoms with van der Waals surface area (Å²) in [4.78, 5) is 13.3. The molecule has 1 aliphatic heterocycles. The van der Waals surface area contributed by atoms with E-state index in [1.165, 1.54) is 19.8 Å². The van der Waals surface area contributed by atoms with Crippen LogP contribution in [0.3, 0.4) is 0 Å². The van der Waals surface area contributed by atoms with Crippen molar-refractivity contribution in [3.8, 4) is 0 Å². The zero-order valence-corrected chi connectivity index (χ0v) is 12.3. The number of hydrogen-bond acceptors (Lipinski definition) is 3. The lowest BCUT2D eigenvalue weighted by Crippen LogP contribution is -2.35. The van der Waals surface area contributed by atoms with E-state index < -0.39 is 6.10 Å². The summed E-state index contributed by atoms with van der Waals surface area (Å²) in [6.07, 6.45) is 1.97. The number of likely N-dealkylation sites (tertiary alicyclic amines) is 1. The third kappa shape index (κ3) is 4.32. The van der Waals surface area contributed by atoms with E-state index >= 15 is 0 Å². The number of aliphatic hydroxyl groups excluding tert-OH is 1. The van der Waals surface area contributed by atoms with Gasteiger partial charge < -0.3 is 15.3 Å². The van der Waals surface area contributed by atoms with Gasteiger partial charge >= 0.3 is 0 Å². The van der Waals surface area contributed by atoms with Crippen LogP contribution in [0.5, 0.6) is 0 Å². The molecule has 1 aliphatic rings. The second-order valence-electron chi connectivity index (χ2n) is 5.80. The number of rotatable bonds is 4. The molecule has 0 bridgehead atoms. The Bertz CT molecular complexity index is 436. The Morgan fingerprint density at radius 2 is 1.95 bits per heavy atom. The molecule has 1 amide bonds. The van der Waals surface area contributed by atoms with E-state index in [4.69, 9.17) is 0 Å². The minimum absolute atomic E-state index is 0.0827. The molecular formula is C16H24N2O2. The van der Waals surface area contributed by atoms with Gasteiger partial charge in [-0.05, 0) is 49.5 Å². The molecule has 1 heterocycles. The monoisotopic (exact) mass is 276 g/mol. The standard InChI is InChI=1S/C16H24N2O2/c1-12-7-9-18(10-8-12)11-16(20)14-3-5-15(6-4-14)17-13(2)19/h3-6,12,16,20H,7-11H2,1-2H3,(H,17,19). The Morgan fingerprint density at radius 1 is 1.35 bits per heavy atom. The van der Waals surface area contributed by atoms with Crippen LogP contribution >= 0.6 is 0 Å². The van der Waals surface area contributed by atoms with Gasteiger partial charge in [0.15, 0.2) is 0 Å². The van der Waals surface area contributed by atoms with E-state index in [1.54, 1.807) is 0 Å². The largest absolute Gasteiger partial charge is 0.387 e. The number of hydrogen-bond donors (Lipinski definition) is 2. The molecule has 1 aromatic carbocycles. The number of benzene rings is 1. The average molecular weight is 276 g/mol. The van der Waals surface area contributed by atoms with E-state index in [1.807, 2.05) is 24.3 Å². The van der Waals surface area contributed by atoms with Crippen LogP contribution in [0.15, 0.2) is 24.3 Å². The van der Waals surface area contributed by atoms with Crippen molar-refractivity contribution in [3.63, 3.8) is 0 Å². The van der Waals surface area contributed by atoms with Gasteiger partial charge in [0, 0.05) is 19.2 Å². The van der Waals surface area contributed by atoms with Gasteiger partial charge in [0.2, 0.25) is 5.91 Å². The van der Waals surface area contributed by atoms with Crippen LogP contribution in [0.2, 0.25) is 0 Å². The zero-order valence-electron chi connectivity index (χ0n) is 12.3. The summed E-state index contributed by atoms with van der Waals surface area (Å²) in [7, 11) is 0. The molecule has 2 rings (SSSR count). The first-order valence-electron chi connectivity index (χ1n) is 7.32. The topological polar surface area (TPSA) is 52.6 Å². The first kappa shape index (κ1) is 15.0. The third-order valence-corrected chi connectivity index (χ3v) is 3.92. The fourth-order valence-electron chi connectivity index (χ4n) is 2.59. The quantitative estimate of drug-likeness (QED) is 0.888. The SMILES string of the molecule is CC(=O)Nc1ccc(C(O)CN2CCC(C)CC2)cc1. The molecule has 0 radical (unpaired) electrons. The summed E-state index contributed by atoms with van der Waals surface area (Å²) in [5.74, 6) is 0.723. The number of carbonyl (C=O) groups excluding carboxylic acids is 1. The van der Waals surface area contributed by atoms with Crippen molar-refractivity contribution in [1.82, 2.24) is 4.90 Å². The van der Waals surface area contributed by atoms with Crippen LogP contribution in [-0.4, -0.2) is 35.5 Å². The number of β-amino-alcohol motifs (C(OH)–C–C–N with tert-alkyl or cyclic N) is 1. The smallest absolute Gasteiger partial charge is 0.221 e. The first-order chi connectivity index (χ1) is 9.54. The first-order valence-corrected chi connectivity index (χ1v) is 7.32. The van der Waals surface area contributed by atoms with Crippen LogP contribution in [0, 0.1) is 5.92 Å². The zero-order chi connectivity index (χ0) is 14.5. The second-order valence-corrected chi connectivity index (χ2v) is 5.80. The summed E-state index contributed by atoms with van der Waals surface area (Å²) in [5.41, 5.74) is 1.66. The van der Waals surface area contributed by atoms with Crippen molar-refractivity contribution in [2.45, 2.75) is 32.8 Å². The van der Waals surface area contributed by atoms with Crippen LogP contribution < -0.4 is 5.32 Å². The number of aliphatic hydroxyl groups is 1. The molecule has 1 fully saturated rings. The molecule has 110 valence electrons. The van der Waals surface area contributed by atoms with Crippen LogP contribution in [-0.2, 0) is 4.79 Å². The summed E-state index contributed by atoms with van der Waals surface area (Å²) in [6.45, 7) is 6.60. The summed E-state index contributed by atoms with van der Waals surface area (Å²) < 4.78 is 0. The lowest BCUT2D eigenvalue weighted by molar-refractivity contribution is -0.114. The van der Waals surface area contributed by atoms with Gasteiger partial charge in [0.1, 0.15) is 0 Å². The second kappa shape index (κ2) is 6.86. The van der Waals surface area contributed by atoms with Gasteiger partial charge in [-0.25, -0.2) is 0 Å². The molecule has 1 aromatic rings. The molecule has 0 saturated carbocycles. The number of amides is 1. The Labute approximate surface area is 120 Å². The molecule has 4 heteroatoms. The van der Waals surface area contributed by atoms with Crippen molar-refractivity contribution in [3.05, 3.63) is 29.8 Å². The highest BCUT2D eigenvalue weighted by molar-refractivity contribution is 5.88. The van der Waals surface area contributed by atoms with Gasteiger partial charge in [-0.15, -0.1) is 0 Å². The van der Waals surface area contributed by atoms with Crippen molar-refractivity contribution >= 4 is 11.6 Å². The number of carbonyl (C=O) groups is 1. The Morgan fingerprint density at radius 3 is 2.50 bits per heavy atom. The van der Waals surface area contributed by atoms with Gasteiger partial charge in [-0.3, -0.25) is 4.79 Å². The normalized spacial score (nSPS) is 18.8. The van der Waals surface area contributed by atoms with Crippen molar-refractivity contribution in [1.29, 1.82) is 0 Å². The van der Waals surface area contributed by atoms with Gasteiger partial charge in [0.05, 0.1) is 6.10 Å². The van der Waals surface area contributed by atoms with E-state index in [2.05, 4.69) is 17.1 Å². The van der Waals surface area contributed by atoms with Crippen LogP contribution in [0.4, 0.5) is 5.69 Å². The maximum atomic E-state index is 11.0. The maximum Gasteiger partial charge on any atom is 0.221 e. The summed E-state index contributed by atoms with van der Waals surface area (Å²) >= 11 is 0. The lowest BCUT2D eigenvalue weighted by atomic mass is 9.98. The number of piperidine rings is 1. The van der Waals surface area contributed by atoms with Gasteiger partial charge in [-0.1, -0.05) is 19.1 Å². The van der Waals surface area contributed by atoms with Gasteiger partial charge in [-0.2, -0.15) is 0 Å². The predicted octanol–water partition coefficient (Wildman–Crippen LogP) is 2.41. The van der Waals surface area contributed by atoms with E-state index in [0.29, 0.717) is 6.54 Å². The molecule has 1 unspecified atom stereocenters. The molecule has 0 aliphatic carbocycles. The van der Waals surface area contributed by atoms with Crippen molar-refractivity contribution in [2.24, 2.45) is 5.92 Å². The Balaban J connectivity index is 1.88.